The molecule has 0 saturated heterocycles. The highest BCUT2D eigenvalue weighted by atomic mass is 15.2. The van der Waals surface area contributed by atoms with Gasteiger partial charge in [0.05, 0.1) is 11.1 Å². The third-order valence-electron chi connectivity index (χ3n) is 18.7. The molecule has 0 N–H and O–H groups in total. The molecule has 0 aliphatic heterocycles. The van der Waals surface area contributed by atoms with Gasteiger partial charge < -0.3 is 9.80 Å². The summed E-state index contributed by atoms with van der Waals surface area (Å²) in [5, 5.41) is 2.43. The van der Waals surface area contributed by atoms with Gasteiger partial charge in [0.25, 0.3) is 0 Å². The van der Waals surface area contributed by atoms with Gasteiger partial charge in [0.1, 0.15) is 0 Å². The minimum absolute atomic E-state index is 0.0907. The van der Waals surface area contributed by atoms with Crippen LogP contribution in [0.15, 0.2) is 267 Å². The Morgan fingerprint density at radius 1 is 0.286 bits per heavy atom. The van der Waals surface area contributed by atoms with E-state index in [1.807, 2.05) is 0 Å². The molecular weight excluding hydrogens is 1010 g/mol. The molecule has 15 rings (SSSR count). The van der Waals surface area contributed by atoms with E-state index in [-0.39, 0.29) is 16.2 Å². The Hall–Kier alpha value is -9.50. The average Bonchev–Trinajstić information content (AvgIpc) is 1.54. The zero-order valence-corrected chi connectivity index (χ0v) is 49.3. The Kier molecular flexibility index (Phi) is 11.6. The third-order valence-corrected chi connectivity index (χ3v) is 18.7. The van der Waals surface area contributed by atoms with Crippen molar-refractivity contribution in [2.45, 2.75) is 77.0 Å². The van der Waals surface area contributed by atoms with E-state index >= 15 is 0 Å². The van der Waals surface area contributed by atoms with Crippen molar-refractivity contribution in [1.29, 1.82) is 0 Å². The van der Waals surface area contributed by atoms with Crippen molar-refractivity contribution in [3.63, 3.8) is 0 Å². The fraction of sp³-hybridized carbons (Fsp3) is 0.146. The summed E-state index contributed by atoms with van der Waals surface area (Å²) in [4.78, 5) is 4.99. The summed E-state index contributed by atoms with van der Waals surface area (Å²) in [7, 11) is 0. The molecular formula is C82H68N2. The van der Waals surface area contributed by atoms with Gasteiger partial charge in [0.2, 0.25) is 0 Å². The number of hydrogen-bond donors (Lipinski definition) is 0. The molecule has 3 aliphatic carbocycles. The number of benzene rings is 12. The Morgan fingerprint density at radius 3 is 1.21 bits per heavy atom. The number of hydrogen-bond acceptors (Lipinski definition) is 2. The van der Waals surface area contributed by atoms with Crippen LogP contribution in [0, 0.1) is 0 Å². The van der Waals surface area contributed by atoms with Crippen LogP contribution in [0.4, 0.5) is 34.1 Å². The monoisotopic (exact) mass is 1080 g/mol. The number of anilines is 6. The van der Waals surface area contributed by atoms with Crippen molar-refractivity contribution in [2.24, 2.45) is 0 Å². The molecule has 1 spiro atoms. The lowest BCUT2D eigenvalue weighted by molar-refractivity contribution is 0.586. The third kappa shape index (κ3) is 7.91. The van der Waals surface area contributed by atoms with Crippen LogP contribution in [0.25, 0.3) is 66.4 Å². The summed E-state index contributed by atoms with van der Waals surface area (Å²) in [6.07, 6.45) is 0. The van der Waals surface area contributed by atoms with Gasteiger partial charge in [0.15, 0.2) is 0 Å². The average molecular weight is 1080 g/mol. The van der Waals surface area contributed by atoms with Crippen molar-refractivity contribution in [2.75, 3.05) is 9.80 Å². The maximum absolute atomic E-state index is 2.66. The molecule has 0 saturated carbocycles. The molecule has 0 amide bonds. The largest absolute Gasteiger partial charge is 0.310 e. The Balaban J connectivity index is 1.02. The van der Waals surface area contributed by atoms with E-state index in [1.54, 1.807) is 0 Å². The predicted molar refractivity (Wildman–Crippen MR) is 355 cm³/mol. The van der Waals surface area contributed by atoms with E-state index in [2.05, 4.69) is 332 Å². The second-order valence-corrected chi connectivity index (χ2v) is 26.1. The van der Waals surface area contributed by atoms with Crippen LogP contribution in [-0.4, -0.2) is 0 Å². The Bertz CT molecular complexity index is 4480. The molecule has 406 valence electrons. The summed E-state index contributed by atoms with van der Waals surface area (Å²) < 4.78 is 0. The lowest BCUT2D eigenvalue weighted by atomic mass is 9.68. The quantitative estimate of drug-likeness (QED) is 0.150. The Morgan fingerprint density at radius 2 is 0.679 bits per heavy atom. The SMILES string of the molecule is CC(C)(C)c1ccc2c(c1)C1(c3cc(C(C)(C)C)ccc3-2)c2cc3c(cc2-c2c1cc1ccccc1c2N(c1ccccc1)c1ccc(-c2ccccc2)cc1)C(C)(C)c1cc(N(c2ccccc2)c2ccc(-c4ccccc4)cc2)ccc1-3. The summed E-state index contributed by atoms with van der Waals surface area (Å²) in [5.41, 5.74) is 28.9. The van der Waals surface area contributed by atoms with Crippen LogP contribution in [0.1, 0.15) is 99.9 Å². The molecule has 2 nitrogen and oxygen atoms in total. The zero-order chi connectivity index (χ0) is 57.3. The summed E-state index contributed by atoms with van der Waals surface area (Å²) in [5.74, 6) is 0. The van der Waals surface area contributed by atoms with Crippen molar-refractivity contribution in [3.05, 3.63) is 311 Å². The normalized spacial score (nSPS) is 13.9. The fourth-order valence-electron chi connectivity index (χ4n) is 14.4. The first-order chi connectivity index (χ1) is 40.7. The number of rotatable bonds is 8. The fourth-order valence-corrected chi connectivity index (χ4v) is 14.4. The Labute approximate surface area is 496 Å². The van der Waals surface area contributed by atoms with Crippen molar-refractivity contribution in [1.82, 2.24) is 0 Å². The first kappa shape index (κ1) is 51.4. The molecule has 84 heavy (non-hydrogen) atoms. The lowest BCUT2D eigenvalue weighted by Crippen LogP contribution is -2.28. The lowest BCUT2D eigenvalue weighted by Gasteiger charge is -2.34. The molecule has 0 radical (unpaired) electrons. The van der Waals surface area contributed by atoms with Crippen LogP contribution < -0.4 is 9.80 Å². The van der Waals surface area contributed by atoms with Gasteiger partial charge in [-0.25, -0.2) is 0 Å². The van der Waals surface area contributed by atoms with E-state index < -0.39 is 5.41 Å². The van der Waals surface area contributed by atoms with Gasteiger partial charge in [0, 0.05) is 44.8 Å². The topological polar surface area (TPSA) is 6.48 Å². The van der Waals surface area contributed by atoms with Gasteiger partial charge in [-0.15, -0.1) is 0 Å². The van der Waals surface area contributed by atoms with Crippen LogP contribution in [0.3, 0.4) is 0 Å². The van der Waals surface area contributed by atoms with Crippen LogP contribution in [-0.2, 0) is 21.7 Å². The molecule has 12 aromatic rings. The van der Waals surface area contributed by atoms with E-state index in [4.69, 9.17) is 0 Å². The summed E-state index contributed by atoms with van der Waals surface area (Å²) >= 11 is 0. The van der Waals surface area contributed by atoms with Crippen molar-refractivity contribution < 1.29 is 0 Å². The highest BCUT2D eigenvalue weighted by Crippen LogP contribution is 2.68. The molecule has 12 aromatic carbocycles. The van der Waals surface area contributed by atoms with Gasteiger partial charge >= 0.3 is 0 Å². The first-order valence-corrected chi connectivity index (χ1v) is 29.9. The zero-order valence-electron chi connectivity index (χ0n) is 49.3. The molecule has 3 aliphatic rings. The second-order valence-electron chi connectivity index (χ2n) is 26.1. The van der Waals surface area contributed by atoms with Crippen molar-refractivity contribution in [3.8, 4) is 55.6 Å². The molecule has 0 bridgehead atoms. The summed E-state index contributed by atoms with van der Waals surface area (Å²) in [6.45, 7) is 19.1. The number of para-hydroxylation sites is 2. The molecule has 2 heteroatoms. The van der Waals surface area contributed by atoms with E-state index in [0.29, 0.717) is 0 Å². The van der Waals surface area contributed by atoms with Crippen LogP contribution >= 0.6 is 0 Å². The van der Waals surface area contributed by atoms with E-state index in [0.717, 1.165) is 28.4 Å². The second kappa shape index (κ2) is 19.0. The standard InChI is InChI=1S/C82H68N2/c1-79(2,3)58-37-44-66-67-45-38-59(80(4,5)6)49-74(67)82(73(66)48-58)75-51-69-68-46-43-64(83(60-28-17-11-18-29-60)62-39-33-55(34-40-62)53-23-13-9-14-24-53)50-71(68)81(7,8)72(69)52-70(75)77-76(82)47-57-27-21-22-32-65(57)78(77)84(61-30-19-12-20-31-61)63-41-35-56(36-42-63)54-25-15-10-16-26-54/h9-52H,1-8H3. The molecule has 0 aromatic heterocycles. The van der Waals surface area contributed by atoms with Gasteiger partial charge in [-0.3, -0.25) is 0 Å². The minimum Gasteiger partial charge on any atom is -0.310 e. The highest BCUT2D eigenvalue weighted by molar-refractivity contribution is 6.12. The van der Waals surface area contributed by atoms with Gasteiger partial charge in [-0.1, -0.05) is 243 Å². The van der Waals surface area contributed by atoms with Gasteiger partial charge in [-0.2, -0.15) is 0 Å². The smallest absolute Gasteiger partial charge is 0.0726 e. The predicted octanol–water partition coefficient (Wildman–Crippen LogP) is 22.4. The first-order valence-electron chi connectivity index (χ1n) is 29.9. The van der Waals surface area contributed by atoms with E-state index in [1.165, 1.54) is 117 Å². The minimum atomic E-state index is -0.673. The van der Waals surface area contributed by atoms with Crippen LogP contribution in [0.5, 0.6) is 0 Å². The summed E-state index contributed by atoms with van der Waals surface area (Å²) in [6, 6.07) is 101. The van der Waals surface area contributed by atoms with Crippen molar-refractivity contribution >= 4 is 44.9 Å². The highest BCUT2D eigenvalue weighted by Gasteiger charge is 2.55. The number of nitrogens with zero attached hydrogens (tertiary/aromatic N) is 2. The molecule has 0 fully saturated rings. The van der Waals surface area contributed by atoms with Gasteiger partial charge in [-0.05, 0) is 190 Å². The molecule has 0 atom stereocenters. The van der Waals surface area contributed by atoms with E-state index in [9.17, 15) is 0 Å². The maximum Gasteiger partial charge on any atom is 0.0726 e. The van der Waals surface area contributed by atoms with Crippen LogP contribution in [0.2, 0.25) is 0 Å². The maximum atomic E-state index is 2.66. The molecule has 0 unspecified atom stereocenters. The molecule has 0 heterocycles. The number of fused-ring (bicyclic) bond motifs is 14.